The zero-order valence-electron chi connectivity index (χ0n) is 16.8. The van der Waals surface area contributed by atoms with Crippen LogP contribution in [0.4, 0.5) is 0 Å². The minimum Gasteiger partial charge on any atom is -0.255 e. The van der Waals surface area contributed by atoms with Crippen molar-refractivity contribution in [3.63, 3.8) is 0 Å². The fourth-order valence-corrected chi connectivity index (χ4v) is 3.75. The zero-order valence-corrected chi connectivity index (χ0v) is 16.8. The van der Waals surface area contributed by atoms with Crippen LogP contribution in [0.5, 0.6) is 0 Å². The Labute approximate surface area is 182 Å². The van der Waals surface area contributed by atoms with Gasteiger partial charge in [-0.05, 0) is 36.4 Å². The summed E-state index contributed by atoms with van der Waals surface area (Å²) in [6.45, 7) is 0. The van der Waals surface area contributed by atoms with Crippen molar-refractivity contribution >= 4 is 10.8 Å². The Morgan fingerprint density at radius 3 is 1.38 bits per heavy atom. The van der Waals surface area contributed by atoms with E-state index in [0.717, 1.165) is 33.5 Å². The summed E-state index contributed by atoms with van der Waals surface area (Å²) in [4.78, 5) is 8.92. The van der Waals surface area contributed by atoms with Crippen molar-refractivity contribution in [2.45, 2.75) is 0 Å². The van der Waals surface area contributed by atoms with Gasteiger partial charge in [-0.3, -0.25) is 9.97 Å². The lowest BCUT2D eigenvalue weighted by Crippen LogP contribution is -2.09. The molecule has 152 valence electrons. The average molecular weight is 416 g/mol. The van der Waals surface area contributed by atoms with E-state index in [1.54, 1.807) is 34.2 Å². The van der Waals surface area contributed by atoms with Gasteiger partial charge >= 0.3 is 0 Å². The van der Waals surface area contributed by atoms with Crippen LogP contribution in [0.3, 0.4) is 0 Å². The number of aromatic nitrogens is 8. The fraction of sp³-hybridized carbons (Fsp3) is 0. The molecule has 0 saturated carbocycles. The van der Waals surface area contributed by atoms with Gasteiger partial charge in [0.05, 0.1) is 35.2 Å². The van der Waals surface area contributed by atoms with E-state index in [1.807, 2.05) is 72.8 Å². The average Bonchev–Trinajstić information content (AvgIpc) is 3.55. The first-order valence-corrected chi connectivity index (χ1v) is 10.1. The lowest BCUT2D eigenvalue weighted by molar-refractivity contribution is 0.791. The van der Waals surface area contributed by atoms with Gasteiger partial charge < -0.3 is 0 Å². The van der Waals surface area contributed by atoms with Crippen LogP contribution >= 0.6 is 0 Å². The summed E-state index contributed by atoms with van der Waals surface area (Å²) in [5.74, 6) is 1.25. The second kappa shape index (κ2) is 7.51. The first kappa shape index (κ1) is 18.1. The van der Waals surface area contributed by atoms with Gasteiger partial charge in [0.1, 0.15) is 0 Å². The molecule has 8 nitrogen and oxygen atoms in total. The van der Waals surface area contributed by atoms with Crippen LogP contribution in [0.15, 0.2) is 97.6 Å². The third-order valence-electron chi connectivity index (χ3n) is 5.19. The molecule has 0 fully saturated rings. The van der Waals surface area contributed by atoms with Crippen molar-refractivity contribution in [3.05, 3.63) is 97.6 Å². The van der Waals surface area contributed by atoms with E-state index in [9.17, 15) is 0 Å². The Balaban J connectivity index is 1.55. The molecular weight excluding hydrogens is 400 g/mol. The lowest BCUT2D eigenvalue weighted by atomic mass is 10.1. The van der Waals surface area contributed by atoms with Gasteiger partial charge in [-0.2, -0.15) is 10.2 Å². The lowest BCUT2D eigenvalue weighted by Gasteiger charge is -2.12. The zero-order chi connectivity index (χ0) is 21.3. The molecule has 8 heteroatoms. The Morgan fingerprint density at radius 2 is 0.938 bits per heavy atom. The highest BCUT2D eigenvalue weighted by Crippen LogP contribution is 2.29. The molecule has 32 heavy (non-hydrogen) atoms. The standard InChI is InChI=1S/C24H16N8/c1-2-8-18-17(7-1)23(31-21(11-15-27-31)19-9-3-5-13-25-19)29-30-24(18)32-22(12-16-28-32)20-10-4-6-14-26-20/h1-16H. The molecule has 0 unspecified atom stereocenters. The van der Waals surface area contributed by atoms with Gasteiger partial charge in [-0.1, -0.05) is 36.4 Å². The van der Waals surface area contributed by atoms with Crippen LogP contribution < -0.4 is 0 Å². The summed E-state index contributed by atoms with van der Waals surface area (Å²) in [5, 5.41) is 20.0. The quantitative estimate of drug-likeness (QED) is 0.430. The number of rotatable bonds is 4. The van der Waals surface area contributed by atoms with Crippen molar-refractivity contribution in [1.29, 1.82) is 0 Å². The Morgan fingerprint density at radius 1 is 0.469 bits per heavy atom. The number of benzene rings is 1. The third-order valence-corrected chi connectivity index (χ3v) is 5.19. The van der Waals surface area contributed by atoms with Crippen molar-refractivity contribution < 1.29 is 0 Å². The molecule has 0 N–H and O–H groups in total. The maximum Gasteiger partial charge on any atom is 0.184 e. The highest BCUT2D eigenvalue weighted by Gasteiger charge is 2.18. The summed E-state index contributed by atoms with van der Waals surface area (Å²) in [6.07, 6.45) is 6.99. The van der Waals surface area contributed by atoms with E-state index in [0.29, 0.717) is 11.6 Å². The molecule has 0 bridgehead atoms. The SMILES string of the molecule is c1ccc(-c2ccnn2-c2nnc(-n3nccc3-c3ccccn3)c3ccccc23)nc1. The van der Waals surface area contributed by atoms with Gasteiger partial charge in [-0.25, -0.2) is 9.36 Å². The van der Waals surface area contributed by atoms with Crippen molar-refractivity contribution in [2.24, 2.45) is 0 Å². The van der Waals surface area contributed by atoms with E-state index in [4.69, 9.17) is 0 Å². The first-order chi connectivity index (χ1) is 15.9. The normalized spacial score (nSPS) is 11.1. The summed E-state index contributed by atoms with van der Waals surface area (Å²) in [6, 6.07) is 23.4. The van der Waals surface area contributed by atoms with Crippen LogP contribution in [0.2, 0.25) is 0 Å². The smallest absolute Gasteiger partial charge is 0.184 e. The molecule has 0 aliphatic rings. The number of nitrogens with zero attached hydrogens (tertiary/aromatic N) is 8. The second-order valence-electron chi connectivity index (χ2n) is 7.08. The number of pyridine rings is 2. The second-order valence-corrected chi connectivity index (χ2v) is 7.08. The molecule has 0 aliphatic heterocycles. The molecular formula is C24H16N8. The monoisotopic (exact) mass is 416 g/mol. The van der Waals surface area contributed by atoms with E-state index >= 15 is 0 Å². The van der Waals surface area contributed by atoms with Crippen LogP contribution in [-0.2, 0) is 0 Å². The van der Waals surface area contributed by atoms with Gasteiger partial charge in [0.25, 0.3) is 0 Å². The molecule has 0 atom stereocenters. The molecule has 6 aromatic rings. The Bertz CT molecular complexity index is 1400. The molecule has 0 radical (unpaired) electrons. The Hall–Kier alpha value is -4.72. The van der Waals surface area contributed by atoms with Crippen LogP contribution in [-0.4, -0.2) is 39.7 Å². The van der Waals surface area contributed by atoms with Gasteiger partial charge in [0, 0.05) is 23.2 Å². The van der Waals surface area contributed by atoms with Crippen LogP contribution in [0.25, 0.3) is 45.2 Å². The number of hydrogen-bond donors (Lipinski definition) is 0. The summed E-state index contributed by atoms with van der Waals surface area (Å²) in [5.41, 5.74) is 3.30. The van der Waals surface area contributed by atoms with Crippen LogP contribution in [0.1, 0.15) is 0 Å². The molecule has 0 saturated heterocycles. The van der Waals surface area contributed by atoms with Crippen molar-refractivity contribution in [3.8, 4) is 34.4 Å². The van der Waals surface area contributed by atoms with E-state index < -0.39 is 0 Å². The van der Waals surface area contributed by atoms with E-state index in [1.165, 1.54) is 0 Å². The molecule has 0 aliphatic carbocycles. The van der Waals surface area contributed by atoms with Gasteiger partial charge in [0.2, 0.25) is 0 Å². The largest absolute Gasteiger partial charge is 0.255 e. The molecule has 6 rings (SSSR count). The highest BCUT2D eigenvalue weighted by atomic mass is 15.4. The summed E-state index contributed by atoms with van der Waals surface area (Å²) < 4.78 is 3.54. The molecule has 5 aromatic heterocycles. The molecule has 0 spiro atoms. The van der Waals surface area contributed by atoms with Gasteiger partial charge in [-0.15, -0.1) is 10.2 Å². The predicted molar refractivity (Wildman–Crippen MR) is 120 cm³/mol. The minimum atomic E-state index is 0.626. The topological polar surface area (TPSA) is 87.2 Å². The fourth-order valence-electron chi connectivity index (χ4n) is 3.75. The maximum absolute atomic E-state index is 4.57. The molecule has 0 amide bonds. The van der Waals surface area contributed by atoms with Crippen molar-refractivity contribution in [1.82, 2.24) is 39.7 Å². The summed E-state index contributed by atoms with van der Waals surface area (Å²) in [7, 11) is 0. The third kappa shape index (κ3) is 2.93. The number of hydrogen-bond acceptors (Lipinski definition) is 6. The highest BCUT2D eigenvalue weighted by molar-refractivity contribution is 5.93. The molecule has 1 aromatic carbocycles. The van der Waals surface area contributed by atoms with E-state index in [2.05, 4.69) is 30.4 Å². The van der Waals surface area contributed by atoms with Gasteiger partial charge in [0.15, 0.2) is 11.6 Å². The number of fused-ring (bicyclic) bond motifs is 1. The van der Waals surface area contributed by atoms with Crippen LogP contribution in [0, 0.1) is 0 Å². The van der Waals surface area contributed by atoms with Crippen molar-refractivity contribution in [2.75, 3.05) is 0 Å². The first-order valence-electron chi connectivity index (χ1n) is 10.1. The minimum absolute atomic E-state index is 0.626. The Kier molecular flexibility index (Phi) is 4.25. The maximum atomic E-state index is 4.57. The van der Waals surface area contributed by atoms with E-state index in [-0.39, 0.29) is 0 Å². The predicted octanol–water partition coefficient (Wildman–Crippen LogP) is 4.13. The molecule has 5 heterocycles. The summed E-state index contributed by atoms with van der Waals surface area (Å²) >= 11 is 0.